The molecule has 2 rings (SSSR count). The predicted octanol–water partition coefficient (Wildman–Crippen LogP) is 5.57. The molecule has 0 saturated heterocycles. The lowest BCUT2D eigenvalue weighted by molar-refractivity contribution is -0.167. The topological polar surface area (TPSA) is 219 Å². The highest BCUT2D eigenvalue weighted by Crippen LogP contribution is 2.21. The fourth-order valence-corrected chi connectivity index (χ4v) is 6.68. The van der Waals surface area contributed by atoms with Crippen LogP contribution in [0.1, 0.15) is 139 Å². The molecule has 1 aromatic heterocycles. The van der Waals surface area contributed by atoms with Crippen molar-refractivity contribution in [1.29, 1.82) is 0 Å². The third-order valence-electron chi connectivity index (χ3n) is 9.30. The Morgan fingerprint density at radius 1 is 0.677 bits per heavy atom. The van der Waals surface area contributed by atoms with Gasteiger partial charge in [0, 0.05) is 56.8 Å². The Hall–Kier alpha value is -5.03. The molecule has 0 fully saturated rings. The van der Waals surface area contributed by atoms with E-state index in [2.05, 4.69) is 20.6 Å². The number of phenolic OH excluding ortho intramolecular Hbond substituents is 1. The zero-order valence-corrected chi connectivity index (χ0v) is 41.1. The van der Waals surface area contributed by atoms with Gasteiger partial charge in [0.15, 0.2) is 0 Å². The summed E-state index contributed by atoms with van der Waals surface area (Å²) in [7, 11) is 0. The van der Waals surface area contributed by atoms with Gasteiger partial charge in [-0.25, -0.2) is 4.98 Å². The summed E-state index contributed by atoms with van der Waals surface area (Å²) >= 11 is 0. The molecule has 4 N–H and O–H groups in total. The summed E-state index contributed by atoms with van der Waals surface area (Å²) in [6.45, 7) is 20.4. The fraction of sp³-hybridized carbons (Fsp3) is 0.688. The number of aromatic amines is 1. The van der Waals surface area contributed by atoms with Crippen LogP contribution >= 0.6 is 0 Å². The number of imidazole rings is 1. The number of aryl methyl sites for hydroxylation is 1. The van der Waals surface area contributed by atoms with Crippen LogP contribution in [-0.2, 0) is 60.6 Å². The molecule has 17 heteroatoms. The van der Waals surface area contributed by atoms with Gasteiger partial charge in [0.1, 0.15) is 34.2 Å². The van der Waals surface area contributed by atoms with Gasteiger partial charge < -0.3 is 39.7 Å². The highest BCUT2D eigenvalue weighted by atomic mass is 16.6. The average Bonchev–Trinajstić information content (AvgIpc) is 3.65. The molecule has 65 heavy (non-hydrogen) atoms. The monoisotopic (exact) mass is 915 g/mol. The van der Waals surface area contributed by atoms with Gasteiger partial charge in [-0.3, -0.25) is 38.6 Å². The van der Waals surface area contributed by atoms with Crippen LogP contribution in [0.2, 0.25) is 0 Å². The normalized spacial score (nSPS) is 13.2. The molecule has 1 heterocycles. The van der Waals surface area contributed by atoms with Crippen LogP contribution in [-0.4, -0.2) is 134 Å². The predicted molar refractivity (Wildman–Crippen MR) is 247 cm³/mol. The van der Waals surface area contributed by atoms with E-state index >= 15 is 0 Å². The van der Waals surface area contributed by atoms with E-state index in [0.29, 0.717) is 51.5 Å². The number of nitrogens with one attached hydrogen (secondary N) is 3. The number of carbonyl (C=O) groups is 6. The minimum absolute atomic E-state index is 0.00818. The number of nitrogens with zero attached hydrogens (tertiary/aromatic N) is 3. The molecule has 0 bridgehead atoms. The lowest BCUT2D eigenvalue weighted by Gasteiger charge is -2.36. The van der Waals surface area contributed by atoms with Gasteiger partial charge in [0.2, 0.25) is 11.8 Å². The van der Waals surface area contributed by atoms with E-state index < -0.39 is 58.4 Å². The van der Waals surface area contributed by atoms with Crippen LogP contribution in [0.3, 0.4) is 0 Å². The first kappa shape index (κ1) is 56.1. The van der Waals surface area contributed by atoms with Crippen molar-refractivity contribution in [3.05, 3.63) is 48.0 Å². The second-order valence-corrected chi connectivity index (χ2v) is 20.4. The van der Waals surface area contributed by atoms with Gasteiger partial charge in [-0.1, -0.05) is 25.0 Å². The van der Waals surface area contributed by atoms with Crippen molar-refractivity contribution in [1.82, 2.24) is 30.4 Å². The maximum absolute atomic E-state index is 14.4. The first-order chi connectivity index (χ1) is 30.1. The molecule has 2 atom stereocenters. The van der Waals surface area contributed by atoms with E-state index in [1.54, 1.807) is 130 Å². The number of hydrogen-bond acceptors (Lipinski definition) is 14. The largest absolute Gasteiger partial charge is 0.508 e. The Labute approximate surface area is 386 Å². The first-order valence-electron chi connectivity index (χ1n) is 22.7. The third kappa shape index (κ3) is 27.1. The number of hydrogen-bond donors (Lipinski definition) is 4. The summed E-state index contributed by atoms with van der Waals surface area (Å²) in [5.41, 5.74) is -1.58. The Morgan fingerprint density at radius 2 is 1.23 bits per heavy atom. The van der Waals surface area contributed by atoms with Crippen molar-refractivity contribution in [2.45, 2.75) is 175 Å². The smallest absolute Gasteiger partial charge is 0.323 e. The molecule has 1 aromatic carbocycles. The zero-order valence-electron chi connectivity index (χ0n) is 41.1. The molecule has 366 valence electrons. The number of benzene rings is 1. The Morgan fingerprint density at radius 3 is 1.75 bits per heavy atom. The number of esters is 4. The molecule has 0 saturated carbocycles. The van der Waals surface area contributed by atoms with Crippen molar-refractivity contribution in [3.8, 4) is 5.75 Å². The number of phenols is 1. The van der Waals surface area contributed by atoms with Gasteiger partial charge in [0.25, 0.3) is 0 Å². The number of carbonyl (C=O) groups excluding carboxylic acids is 6. The Kier molecular flexibility index (Phi) is 22.6. The number of H-pyrrole nitrogens is 1. The van der Waals surface area contributed by atoms with E-state index in [1.165, 1.54) is 0 Å². The van der Waals surface area contributed by atoms with Crippen molar-refractivity contribution in [3.63, 3.8) is 0 Å². The molecule has 0 aliphatic heterocycles. The average molecular weight is 915 g/mol. The number of ether oxygens (including phenoxy) is 4. The molecule has 0 spiro atoms. The van der Waals surface area contributed by atoms with Crippen LogP contribution in [0.25, 0.3) is 0 Å². The second kappa shape index (κ2) is 26.2. The minimum Gasteiger partial charge on any atom is -0.508 e. The number of amides is 2. The first-order valence-corrected chi connectivity index (χ1v) is 22.7. The van der Waals surface area contributed by atoms with Crippen LogP contribution in [0.15, 0.2) is 36.8 Å². The van der Waals surface area contributed by atoms with Crippen molar-refractivity contribution >= 4 is 35.7 Å². The van der Waals surface area contributed by atoms with Crippen molar-refractivity contribution < 1.29 is 52.8 Å². The van der Waals surface area contributed by atoms with Gasteiger partial charge in [-0.15, -0.1) is 0 Å². The molecular weight excluding hydrogens is 837 g/mol. The lowest BCUT2D eigenvalue weighted by Crippen LogP contribution is -2.53. The lowest BCUT2D eigenvalue weighted by atomic mass is 9.98. The molecule has 17 nitrogen and oxygen atoms in total. The fourth-order valence-electron chi connectivity index (χ4n) is 6.68. The van der Waals surface area contributed by atoms with Crippen LogP contribution < -0.4 is 10.6 Å². The standard InChI is InChI=1S/C48H78N6O11/c1-45(2,3)62-41(58)30-53(31-42(59)63-46(4,5)6)26-27-54(32-43(60)64-47(7,8)9)38(44(61)65-48(10,11)12)28-35(52-40(57)23-20-34-18-21-37(55)22-19-34)16-14-13-15-17-39(56)50-25-24-36-29-49-33-51-36/h18-19,21-22,29,33,35,38,55H,13-17,20,23-28,30-32H2,1-12H3,(H,49,51)(H,50,56)(H,52,57)/t35?,38-/m0/s1. The summed E-state index contributed by atoms with van der Waals surface area (Å²) in [4.78, 5) is 90.7. The quantitative estimate of drug-likeness (QED) is 0.0516. The zero-order chi connectivity index (χ0) is 49.0. The van der Waals surface area contributed by atoms with Gasteiger partial charge in [-0.2, -0.15) is 0 Å². The summed E-state index contributed by atoms with van der Waals surface area (Å²) in [5.74, 6) is -2.63. The minimum atomic E-state index is -1.10. The van der Waals surface area contributed by atoms with Crippen LogP contribution in [0.4, 0.5) is 0 Å². The van der Waals surface area contributed by atoms with Gasteiger partial charge in [-0.05, 0) is 126 Å². The number of aromatic nitrogens is 2. The summed E-state index contributed by atoms with van der Waals surface area (Å²) in [6.07, 6.45) is 7.14. The van der Waals surface area contributed by atoms with Crippen molar-refractivity contribution in [2.75, 3.05) is 39.3 Å². The molecule has 2 aromatic rings. The third-order valence-corrected chi connectivity index (χ3v) is 9.30. The second-order valence-electron chi connectivity index (χ2n) is 20.4. The van der Waals surface area contributed by atoms with E-state index in [4.69, 9.17) is 18.9 Å². The van der Waals surface area contributed by atoms with Gasteiger partial charge in [0.05, 0.1) is 26.0 Å². The molecular formula is C48H78N6O11. The summed E-state index contributed by atoms with van der Waals surface area (Å²) < 4.78 is 22.9. The van der Waals surface area contributed by atoms with Crippen molar-refractivity contribution in [2.24, 2.45) is 0 Å². The molecule has 0 radical (unpaired) electrons. The van der Waals surface area contributed by atoms with E-state index in [9.17, 15) is 33.9 Å². The highest BCUT2D eigenvalue weighted by Gasteiger charge is 2.36. The maximum Gasteiger partial charge on any atom is 0.323 e. The van der Waals surface area contributed by atoms with E-state index in [0.717, 1.165) is 11.3 Å². The molecule has 0 aliphatic rings. The summed E-state index contributed by atoms with van der Waals surface area (Å²) in [5, 5.41) is 15.8. The summed E-state index contributed by atoms with van der Waals surface area (Å²) in [6, 6.07) is 4.93. The molecule has 1 unspecified atom stereocenters. The Balaban J connectivity index is 2.45. The van der Waals surface area contributed by atoms with Crippen LogP contribution in [0, 0.1) is 0 Å². The van der Waals surface area contributed by atoms with E-state index in [1.807, 2.05) is 0 Å². The van der Waals surface area contributed by atoms with Crippen LogP contribution in [0.5, 0.6) is 5.75 Å². The number of rotatable bonds is 26. The van der Waals surface area contributed by atoms with Gasteiger partial charge >= 0.3 is 23.9 Å². The highest BCUT2D eigenvalue weighted by molar-refractivity contribution is 5.80. The molecule has 2 amide bonds. The maximum atomic E-state index is 14.4. The Bertz CT molecular complexity index is 1760. The number of unbranched alkanes of at least 4 members (excludes halogenated alkanes) is 2. The molecule has 0 aliphatic carbocycles. The number of aromatic hydroxyl groups is 1. The van der Waals surface area contributed by atoms with E-state index in [-0.39, 0.29) is 63.1 Å². The SMILES string of the molecule is CC(C)(C)OC(=O)CN(CCN(CC(=O)OC(C)(C)C)[C@@H](CC(CCCCCC(=O)NCCc1cnc[nH]1)NC(=O)CCc1ccc(O)cc1)C(=O)OC(C)(C)C)CC(=O)OC(C)(C)C.